The van der Waals surface area contributed by atoms with E-state index in [4.69, 9.17) is 0 Å². The fourth-order valence-corrected chi connectivity index (χ4v) is 3.32. The smallest absolute Gasteiger partial charge is 0.0774 e. The zero-order valence-corrected chi connectivity index (χ0v) is 14.4. The molecule has 0 aromatic carbocycles. The molecule has 0 aromatic heterocycles. The molecule has 0 radical (unpaired) electrons. The van der Waals surface area contributed by atoms with Crippen molar-refractivity contribution in [3.63, 3.8) is 0 Å². The van der Waals surface area contributed by atoms with Crippen molar-refractivity contribution in [2.75, 3.05) is 0 Å². The second-order valence-electron chi connectivity index (χ2n) is 7.50. The standard InChI is InChI=1S/C20H32O/c1-8-20(7)13-11-17(14-18(20)15(2)3)16(4)10-9-12-19(5,6)21/h8-10,12,17-18,21H,1-2,11,13-14H2,3-7H3/b12-9+,16-10+/t17-,18+,20-/m0/s1. The molecule has 0 amide bonds. The Balaban J connectivity index is 2.83. The van der Waals surface area contributed by atoms with Crippen LogP contribution < -0.4 is 0 Å². The first-order chi connectivity index (χ1) is 9.59. The maximum absolute atomic E-state index is 9.72. The van der Waals surface area contributed by atoms with E-state index < -0.39 is 5.60 Å². The first kappa shape index (κ1) is 18.0. The van der Waals surface area contributed by atoms with Crippen molar-refractivity contribution in [2.45, 2.75) is 59.5 Å². The molecule has 1 fully saturated rings. The Morgan fingerprint density at radius 3 is 2.43 bits per heavy atom. The van der Waals surface area contributed by atoms with Gasteiger partial charge in [-0.05, 0) is 64.2 Å². The van der Waals surface area contributed by atoms with Gasteiger partial charge in [0, 0.05) is 0 Å². The minimum atomic E-state index is -0.745. The second-order valence-corrected chi connectivity index (χ2v) is 7.50. The molecule has 0 heterocycles. The van der Waals surface area contributed by atoms with Gasteiger partial charge in [-0.15, -0.1) is 6.58 Å². The molecular weight excluding hydrogens is 256 g/mol. The molecule has 0 aromatic rings. The maximum atomic E-state index is 9.72. The van der Waals surface area contributed by atoms with Crippen LogP contribution in [0.25, 0.3) is 0 Å². The van der Waals surface area contributed by atoms with Crippen LogP contribution in [0.3, 0.4) is 0 Å². The lowest BCUT2D eigenvalue weighted by Gasteiger charge is -2.43. The highest BCUT2D eigenvalue weighted by atomic mass is 16.3. The Bertz CT molecular complexity index is 447. The van der Waals surface area contributed by atoms with Gasteiger partial charge in [0.05, 0.1) is 5.60 Å². The molecular formula is C20H32O. The van der Waals surface area contributed by atoms with E-state index in [1.54, 1.807) is 13.8 Å². The van der Waals surface area contributed by atoms with Gasteiger partial charge in [-0.25, -0.2) is 0 Å². The van der Waals surface area contributed by atoms with Crippen LogP contribution in [-0.2, 0) is 0 Å². The quantitative estimate of drug-likeness (QED) is 0.527. The van der Waals surface area contributed by atoms with Gasteiger partial charge in [-0.3, -0.25) is 0 Å². The summed E-state index contributed by atoms with van der Waals surface area (Å²) in [6.07, 6.45) is 11.6. The number of hydrogen-bond donors (Lipinski definition) is 1. The molecule has 0 unspecified atom stereocenters. The summed E-state index contributed by atoms with van der Waals surface area (Å²) in [5.41, 5.74) is 2.10. The number of rotatable bonds is 5. The summed E-state index contributed by atoms with van der Waals surface area (Å²) in [6.45, 7) is 18.5. The second kappa shape index (κ2) is 6.79. The molecule has 0 spiro atoms. The lowest BCUT2D eigenvalue weighted by molar-refractivity contribution is 0.133. The van der Waals surface area contributed by atoms with E-state index in [2.05, 4.69) is 46.1 Å². The van der Waals surface area contributed by atoms with Crippen LogP contribution in [0.5, 0.6) is 0 Å². The Morgan fingerprint density at radius 1 is 1.33 bits per heavy atom. The molecule has 1 N–H and O–H groups in total. The molecule has 1 nitrogen and oxygen atoms in total. The zero-order chi connectivity index (χ0) is 16.3. The molecule has 0 aliphatic heterocycles. The van der Waals surface area contributed by atoms with Crippen molar-refractivity contribution in [1.82, 2.24) is 0 Å². The fraction of sp³-hybridized carbons (Fsp3) is 0.600. The van der Waals surface area contributed by atoms with Crippen LogP contribution in [0.4, 0.5) is 0 Å². The van der Waals surface area contributed by atoms with Crippen molar-refractivity contribution in [1.29, 1.82) is 0 Å². The van der Waals surface area contributed by atoms with Crippen molar-refractivity contribution in [3.8, 4) is 0 Å². The highest BCUT2D eigenvalue weighted by molar-refractivity contribution is 5.20. The third-order valence-electron chi connectivity index (χ3n) is 4.92. The Kier molecular flexibility index (Phi) is 5.81. The van der Waals surface area contributed by atoms with E-state index in [1.807, 2.05) is 12.2 Å². The number of aliphatic hydroxyl groups is 1. The van der Waals surface area contributed by atoms with E-state index in [1.165, 1.54) is 24.0 Å². The molecule has 118 valence electrons. The van der Waals surface area contributed by atoms with Crippen LogP contribution >= 0.6 is 0 Å². The van der Waals surface area contributed by atoms with Gasteiger partial charge in [-0.1, -0.05) is 49.0 Å². The van der Waals surface area contributed by atoms with Crippen molar-refractivity contribution in [3.05, 3.63) is 48.6 Å². The lowest BCUT2D eigenvalue weighted by atomic mass is 9.61. The van der Waals surface area contributed by atoms with Gasteiger partial charge in [0.1, 0.15) is 0 Å². The van der Waals surface area contributed by atoms with E-state index in [0.29, 0.717) is 11.8 Å². The molecule has 21 heavy (non-hydrogen) atoms. The van der Waals surface area contributed by atoms with Gasteiger partial charge >= 0.3 is 0 Å². The SMILES string of the molecule is C=C[C@@]1(C)CC[C@H](/C(C)=C/C=C/C(C)(C)O)C[C@@H]1C(=C)C. The normalized spacial score (nSPS) is 31.4. The van der Waals surface area contributed by atoms with Crippen LogP contribution in [0.15, 0.2) is 48.6 Å². The molecule has 1 rings (SSSR count). The summed E-state index contributed by atoms with van der Waals surface area (Å²) in [7, 11) is 0. The van der Waals surface area contributed by atoms with E-state index in [9.17, 15) is 5.11 Å². The first-order valence-corrected chi connectivity index (χ1v) is 7.96. The molecule has 0 bridgehead atoms. The molecule has 1 heteroatoms. The van der Waals surface area contributed by atoms with Crippen LogP contribution in [0, 0.1) is 17.3 Å². The maximum Gasteiger partial charge on any atom is 0.0774 e. The average Bonchev–Trinajstić information content (AvgIpc) is 2.37. The number of hydrogen-bond acceptors (Lipinski definition) is 1. The zero-order valence-electron chi connectivity index (χ0n) is 14.4. The minimum Gasteiger partial charge on any atom is -0.386 e. The molecule has 1 saturated carbocycles. The number of allylic oxidation sites excluding steroid dienone is 5. The van der Waals surface area contributed by atoms with E-state index in [0.717, 1.165) is 6.42 Å². The van der Waals surface area contributed by atoms with Crippen LogP contribution in [0.2, 0.25) is 0 Å². The summed E-state index contributed by atoms with van der Waals surface area (Å²) >= 11 is 0. The topological polar surface area (TPSA) is 20.2 Å². The van der Waals surface area contributed by atoms with E-state index in [-0.39, 0.29) is 5.41 Å². The average molecular weight is 288 g/mol. The van der Waals surface area contributed by atoms with Crippen LogP contribution in [-0.4, -0.2) is 10.7 Å². The summed E-state index contributed by atoms with van der Waals surface area (Å²) < 4.78 is 0. The van der Waals surface area contributed by atoms with Gasteiger partial charge in [0.15, 0.2) is 0 Å². The van der Waals surface area contributed by atoms with Gasteiger partial charge in [0.2, 0.25) is 0 Å². The molecule has 1 aliphatic carbocycles. The van der Waals surface area contributed by atoms with Crippen LogP contribution in [0.1, 0.15) is 53.9 Å². The van der Waals surface area contributed by atoms with Gasteiger partial charge in [-0.2, -0.15) is 0 Å². The first-order valence-electron chi connectivity index (χ1n) is 7.96. The predicted molar refractivity (Wildman–Crippen MR) is 93.1 cm³/mol. The Hall–Kier alpha value is -1.08. The summed E-state index contributed by atoms with van der Waals surface area (Å²) in [5, 5.41) is 9.72. The lowest BCUT2D eigenvalue weighted by Crippen LogP contribution is -2.33. The minimum absolute atomic E-state index is 0.186. The summed E-state index contributed by atoms with van der Waals surface area (Å²) in [6, 6.07) is 0. The van der Waals surface area contributed by atoms with Gasteiger partial charge < -0.3 is 5.11 Å². The Labute approximate surface area is 131 Å². The molecule has 3 atom stereocenters. The largest absolute Gasteiger partial charge is 0.386 e. The summed E-state index contributed by atoms with van der Waals surface area (Å²) in [5.74, 6) is 1.11. The van der Waals surface area contributed by atoms with Crippen molar-refractivity contribution < 1.29 is 5.11 Å². The summed E-state index contributed by atoms with van der Waals surface area (Å²) in [4.78, 5) is 0. The third kappa shape index (κ3) is 5.00. The highest BCUT2D eigenvalue weighted by Crippen LogP contribution is 2.48. The molecule has 1 aliphatic rings. The van der Waals surface area contributed by atoms with E-state index >= 15 is 0 Å². The predicted octanol–water partition coefficient (Wildman–Crippen LogP) is 5.44. The highest BCUT2D eigenvalue weighted by Gasteiger charge is 2.38. The monoisotopic (exact) mass is 288 g/mol. The fourth-order valence-electron chi connectivity index (χ4n) is 3.32. The van der Waals surface area contributed by atoms with Crippen molar-refractivity contribution in [2.24, 2.45) is 17.3 Å². The van der Waals surface area contributed by atoms with Crippen molar-refractivity contribution >= 4 is 0 Å². The Morgan fingerprint density at radius 2 is 1.95 bits per heavy atom. The van der Waals surface area contributed by atoms with Gasteiger partial charge in [0.25, 0.3) is 0 Å². The molecule has 0 saturated heterocycles. The third-order valence-corrected chi connectivity index (χ3v) is 4.92.